The molecule has 4 rings (SSSR count). The first-order valence-corrected chi connectivity index (χ1v) is 11.7. The lowest BCUT2D eigenvalue weighted by molar-refractivity contribution is -0.125. The van der Waals surface area contributed by atoms with Gasteiger partial charge in [-0.1, -0.05) is 38.1 Å². The average molecular weight is 422 g/mol. The number of piperidine rings is 2. The van der Waals surface area contributed by atoms with E-state index < -0.39 is 0 Å². The number of aromatic nitrogens is 2. The lowest BCUT2D eigenvalue weighted by Gasteiger charge is -2.35. The second-order valence-electron chi connectivity index (χ2n) is 9.48. The predicted octanol–water partition coefficient (Wildman–Crippen LogP) is 3.49. The average Bonchev–Trinajstić information content (AvgIpc) is 2.78. The fraction of sp³-hybridized carbons (Fsp3) is 0.560. The summed E-state index contributed by atoms with van der Waals surface area (Å²) in [6.45, 7) is 10.4. The van der Waals surface area contributed by atoms with Gasteiger partial charge < -0.3 is 10.2 Å². The fourth-order valence-electron chi connectivity index (χ4n) is 5.07. The van der Waals surface area contributed by atoms with Crippen LogP contribution >= 0.6 is 0 Å². The van der Waals surface area contributed by atoms with Crippen molar-refractivity contribution in [1.29, 1.82) is 0 Å². The molecule has 166 valence electrons. The molecule has 2 aliphatic heterocycles. The molecule has 1 N–H and O–H groups in total. The van der Waals surface area contributed by atoms with Crippen LogP contribution in [0.5, 0.6) is 0 Å². The van der Waals surface area contributed by atoms with Crippen molar-refractivity contribution < 1.29 is 4.79 Å². The van der Waals surface area contributed by atoms with E-state index in [9.17, 15) is 4.79 Å². The number of anilines is 1. The molecule has 0 radical (unpaired) electrons. The number of rotatable bonds is 6. The van der Waals surface area contributed by atoms with Crippen LogP contribution in [0.3, 0.4) is 0 Å². The smallest absolute Gasteiger partial charge is 0.225 e. The van der Waals surface area contributed by atoms with E-state index in [4.69, 9.17) is 0 Å². The van der Waals surface area contributed by atoms with E-state index in [1.807, 2.05) is 6.07 Å². The maximum absolute atomic E-state index is 12.6. The molecule has 6 heteroatoms. The number of carbonyl (C=O) groups excluding carboxylic acids is 1. The maximum Gasteiger partial charge on any atom is 0.225 e. The number of amides is 1. The van der Waals surface area contributed by atoms with Crippen LogP contribution in [-0.4, -0.2) is 47.0 Å². The zero-order valence-corrected chi connectivity index (χ0v) is 18.8. The normalized spacial score (nSPS) is 23.0. The molecule has 1 aromatic carbocycles. The number of nitrogens with zero attached hydrogens (tertiary/aromatic N) is 4. The second-order valence-corrected chi connectivity index (χ2v) is 9.48. The Bertz CT molecular complexity index is 823. The van der Waals surface area contributed by atoms with Crippen LogP contribution in [0.2, 0.25) is 0 Å². The van der Waals surface area contributed by atoms with Gasteiger partial charge in [-0.3, -0.25) is 9.69 Å². The molecular weight excluding hydrogens is 386 g/mol. The Morgan fingerprint density at radius 3 is 2.26 bits per heavy atom. The van der Waals surface area contributed by atoms with Gasteiger partial charge in [0.2, 0.25) is 11.9 Å². The molecule has 0 bridgehead atoms. The highest BCUT2D eigenvalue weighted by atomic mass is 16.1. The minimum absolute atomic E-state index is 0.0716. The highest BCUT2D eigenvalue weighted by Crippen LogP contribution is 2.23. The summed E-state index contributed by atoms with van der Waals surface area (Å²) in [4.78, 5) is 26.0. The number of nitrogens with one attached hydrogen (secondary N) is 1. The van der Waals surface area contributed by atoms with Crippen molar-refractivity contribution >= 4 is 11.9 Å². The Kier molecular flexibility index (Phi) is 7.17. The standard InChI is InChI=1S/C25H35N5O/c1-19-14-20(2)17-29(16-19)18-22-6-4-21(5-7-22)15-28-24(31)23-8-12-30(13-9-23)25-26-10-3-11-27-25/h3-7,10-11,19-20,23H,8-9,12-18H2,1-2H3,(H,28,31). The molecule has 2 aromatic rings. The summed E-state index contributed by atoms with van der Waals surface area (Å²) < 4.78 is 0. The molecule has 2 saturated heterocycles. The molecule has 6 nitrogen and oxygen atoms in total. The molecule has 2 fully saturated rings. The summed E-state index contributed by atoms with van der Waals surface area (Å²) >= 11 is 0. The molecule has 31 heavy (non-hydrogen) atoms. The Morgan fingerprint density at radius 1 is 1.00 bits per heavy atom. The first-order valence-electron chi connectivity index (χ1n) is 11.7. The largest absolute Gasteiger partial charge is 0.352 e. The Labute approximate surface area is 186 Å². The van der Waals surface area contributed by atoms with Gasteiger partial charge in [0.15, 0.2) is 0 Å². The number of hydrogen-bond acceptors (Lipinski definition) is 5. The summed E-state index contributed by atoms with van der Waals surface area (Å²) in [7, 11) is 0. The van der Waals surface area contributed by atoms with Crippen LogP contribution in [-0.2, 0) is 17.9 Å². The summed E-state index contributed by atoms with van der Waals surface area (Å²) in [5.41, 5.74) is 2.51. The number of benzene rings is 1. The van der Waals surface area contributed by atoms with Gasteiger partial charge in [-0.15, -0.1) is 0 Å². The van der Waals surface area contributed by atoms with E-state index in [2.05, 4.69) is 63.2 Å². The first-order chi connectivity index (χ1) is 15.1. The second kappa shape index (κ2) is 10.2. The first kappa shape index (κ1) is 21.8. The third-order valence-corrected chi connectivity index (χ3v) is 6.54. The molecule has 1 amide bonds. The summed E-state index contributed by atoms with van der Waals surface area (Å²) in [5.74, 6) is 2.56. The van der Waals surface area contributed by atoms with Gasteiger partial charge in [0.1, 0.15) is 0 Å². The number of carbonyl (C=O) groups is 1. The highest BCUT2D eigenvalue weighted by molar-refractivity contribution is 5.78. The van der Waals surface area contributed by atoms with Gasteiger partial charge >= 0.3 is 0 Å². The maximum atomic E-state index is 12.6. The van der Waals surface area contributed by atoms with Gasteiger partial charge in [-0.25, -0.2) is 9.97 Å². The van der Waals surface area contributed by atoms with Crippen LogP contribution in [0.4, 0.5) is 5.95 Å². The van der Waals surface area contributed by atoms with Crippen molar-refractivity contribution in [2.75, 3.05) is 31.1 Å². The summed E-state index contributed by atoms with van der Waals surface area (Å²) in [6, 6.07) is 10.6. The quantitative estimate of drug-likeness (QED) is 0.774. The monoisotopic (exact) mass is 421 g/mol. The van der Waals surface area contributed by atoms with Crippen molar-refractivity contribution in [2.45, 2.75) is 46.2 Å². The molecule has 0 saturated carbocycles. The van der Waals surface area contributed by atoms with Crippen LogP contribution in [0.15, 0.2) is 42.7 Å². The molecule has 0 aliphatic carbocycles. The van der Waals surface area contributed by atoms with E-state index in [1.165, 1.54) is 25.1 Å². The van der Waals surface area contributed by atoms with E-state index in [-0.39, 0.29) is 11.8 Å². The van der Waals surface area contributed by atoms with Crippen molar-refractivity contribution in [1.82, 2.24) is 20.2 Å². The lowest BCUT2D eigenvalue weighted by Crippen LogP contribution is -2.41. The van der Waals surface area contributed by atoms with Crippen molar-refractivity contribution in [3.05, 3.63) is 53.9 Å². The van der Waals surface area contributed by atoms with Crippen molar-refractivity contribution in [2.24, 2.45) is 17.8 Å². The lowest BCUT2D eigenvalue weighted by atomic mass is 9.91. The third-order valence-electron chi connectivity index (χ3n) is 6.54. The minimum atomic E-state index is 0.0716. The van der Waals surface area contributed by atoms with E-state index in [1.54, 1.807) is 12.4 Å². The van der Waals surface area contributed by atoms with Gasteiger partial charge in [-0.2, -0.15) is 0 Å². The molecule has 2 atom stereocenters. The Balaban J connectivity index is 1.21. The molecule has 1 aromatic heterocycles. The molecular formula is C25H35N5O. The van der Waals surface area contributed by atoms with Crippen LogP contribution < -0.4 is 10.2 Å². The van der Waals surface area contributed by atoms with Gasteiger partial charge in [0, 0.05) is 57.6 Å². The Hall–Kier alpha value is -2.47. The topological polar surface area (TPSA) is 61.4 Å². The van der Waals surface area contributed by atoms with Crippen LogP contribution in [0, 0.1) is 17.8 Å². The molecule has 0 spiro atoms. The Morgan fingerprint density at radius 2 is 1.61 bits per heavy atom. The highest BCUT2D eigenvalue weighted by Gasteiger charge is 2.26. The van der Waals surface area contributed by atoms with E-state index in [0.717, 1.165) is 55.8 Å². The minimum Gasteiger partial charge on any atom is -0.352 e. The predicted molar refractivity (Wildman–Crippen MR) is 123 cm³/mol. The van der Waals surface area contributed by atoms with Gasteiger partial charge in [-0.05, 0) is 48.3 Å². The number of likely N-dealkylation sites (tertiary alicyclic amines) is 1. The molecule has 2 aliphatic rings. The summed E-state index contributed by atoms with van der Waals surface area (Å²) in [6.07, 6.45) is 6.56. The zero-order chi connectivity index (χ0) is 21.6. The number of hydrogen-bond donors (Lipinski definition) is 1. The zero-order valence-electron chi connectivity index (χ0n) is 18.8. The van der Waals surface area contributed by atoms with Gasteiger partial charge in [0.25, 0.3) is 0 Å². The van der Waals surface area contributed by atoms with Crippen molar-refractivity contribution in [3.8, 4) is 0 Å². The van der Waals surface area contributed by atoms with Gasteiger partial charge in [0.05, 0.1) is 0 Å². The van der Waals surface area contributed by atoms with Crippen molar-refractivity contribution in [3.63, 3.8) is 0 Å². The van der Waals surface area contributed by atoms with Crippen LogP contribution in [0.1, 0.15) is 44.2 Å². The fourth-order valence-corrected chi connectivity index (χ4v) is 5.07. The molecule has 2 unspecified atom stereocenters. The third kappa shape index (κ3) is 6.03. The van der Waals surface area contributed by atoms with E-state index >= 15 is 0 Å². The van der Waals surface area contributed by atoms with E-state index in [0.29, 0.717) is 6.54 Å². The summed E-state index contributed by atoms with van der Waals surface area (Å²) in [5, 5.41) is 3.14. The van der Waals surface area contributed by atoms with Crippen LogP contribution in [0.25, 0.3) is 0 Å². The molecule has 3 heterocycles. The SMILES string of the molecule is CC1CC(C)CN(Cc2ccc(CNC(=O)C3CCN(c4ncccn4)CC3)cc2)C1.